The highest BCUT2D eigenvalue weighted by Gasteiger charge is 2.25. The van der Waals surface area contributed by atoms with Crippen LogP contribution in [0.3, 0.4) is 0 Å². The molecule has 10 nitrogen and oxygen atoms in total. The molecule has 45 heavy (non-hydrogen) atoms. The summed E-state index contributed by atoms with van der Waals surface area (Å²) in [5, 5.41) is 11.1. The molecule has 254 valence electrons. The van der Waals surface area contributed by atoms with Crippen LogP contribution < -0.4 is 4.52 Å². The largest absolute Gasteiger partial charge is 0.444 e. The molecule has 2 aromatic carbocycles. The van der Waals surface area contributed by atoms with Crippen LogP contribution >= 0.6 is 7.37 Å². The number of amides is 1. The van der Waals surface area contributed by atoms with E-state index in [-0.39, 0.29) is 18.9 Å². The van der Waals surface area contributed by atoms with E-state index >= 15 is 0 Å². The topological polar surface area (TPSA) is 129 Å². The molecule has 0 heterocycles. The predicted octanol–water partition coefficient (Wildman–Crippen LogP) is 6.95. The van der Waals surface area contributed by atoms with E-state index in [1.807, 2.05) is 6.07 Å². The number of nitrogens with zero attached hydrogens (tertiary/aromatic N) is 1. The van der Waals surface area contributed by atoms with Gasteiger partial charge in [-0.15, -0.1) is 0 Å². The number of ether oxygens (including phenoxy) is 2. The summed E-state index contributed by atoms with van der Waals surface area (Å²) in [6, 6.07) is 15.1. The van der Waals surface area contributed by atoms with Crippen molar-refractivity contribution >= 4 is 23.6 Å². The molecule has 0 aromatic heterocycles. The highest BCUT2D eigenvalue weighted by molar-refractivity contribution is 7.85. The van der Waals surface area contributed by atoms with Gasteiger partial charge in [0.2, 0.25) is 7.37 Å². The molecule has 0 unspecified atom stereocenters. The standard InChI is InChI=1S/C33H52NO9PS/c1-33(2,3)42-32(36)34(21-13-7-8-14-22-40-23-15-12-18-27-16-10-9-11-17-27)25-30(35)28-19-20-31(43-44(4,5)37)29(24-28)26-41-45(6,38)39/h9-11,16-17,19-20,24,30,35H,7-8,12-15,18,21-23,25-26H2,1-6H3/t30-/m0/s1. The third kappa shape index (κ3) is 17.7. The van der Waals surface area contributed by atoms with Gasteiger partial charge in [0.1, 0.15) is 11.4 Å². The van der Waals surface area contributed by atoms with Crippen LogP contribution in [0.2, 0.25) is 0 Å². The summed E-state index contributed by atoms with van der Waals surface area (Å²) in [5.74, 6) is 0.197. The van der Waals surface area contributed by atoms with Gasteiger partial charge >= 0.3 is 6.09 Å². The van der Waals surface area contributed by atoms with Gasteiger partial charge in [-0.2, -0.15) is 8.42 Å². The summed E-state index contributed by atoms with van der Waals surface area (Å²) in [4.78, 5) is 14.5. The smallest absolute Gasteiger partial charge is 0.410 e. The SMILES string of the molecule is CC(C)(C)OC(=O)N(CCCCCCOCCCCc1ccccc1)C[C@H](O)c1ccc(OP(C)(C)=O)c(COS(C)(=O)=O)c1. The van der Waals surface area contributed by atoms with Gasteiger partial charge in [-0.25, -0.2) is 4.79 Å². The number of hydrogen-bond acceptors (Lipinski definition) is 9. The average Bonchev–Trinajstić information content (AvgIpc) is 2.93. The zero-order valence-corrected chi connectivity index (χ0v) is 29.4. The van der Waals surface area contributed by atoms with Gasteiger partial charge in [-0.05, 0) is 76.1 Å². The Hall–Kier alpha value is -2.43. The van der Waals surface area contributed by atoms with Crippen molar-refractivity contribution in [2.45, 2.75) is 84.0 Å². The molecule has 1 N–H and O–H groups in total. The lowest BCUT2D eigenvalue weighted by Crippen LogP contribution is -2.39. The maximum absolute atomic E-state index is 13.0. The van der Waals surface area contributed by atoms with E-state index in [2.05, 4.69) is 24.3 Å². The molecule has 0 radical (unpaired) electrons. The Labute approximate surface area is 270 Å². The minimum Gasteiger partial charge on any atom is -0.444 e. The second-order valence-corrected chi connectivity index (χ2v) is 16.9. The fraction of sp³-hybridized carbons (Fsp3) is 0.606. The first-order valence-electron chi connectivity index (χ1n) is 15.5. The van der Waals surface area contributed by atoms with Crippen LogP contribution in [0.25, 0.3) is 0 Å². The van der Waals surface area contributed by atoms with Crippen molar-refractivity contribution in [1.82, 2.24) is 4.90 Å². The minimum absolute atomic E-state index is 0.0341. The molecule has 12 heteroatoms. The molecular formula is C33H52NO9PS. The lowest BCUT2D eigenvalue weighted by atomic mass is 10.0. The molecule has 1 atom stereocenters. The van der Waals surface area contributed by atoms with Crippen LogP contribution in [-0.2, 0) is 41.4 Å². The van der Waals surface area contributed by atoms with Crippen LogP contribution in [-0.4, -0.2) is 76.0 Å². The first kappa shape index (κ1) is 38.8. The summed E-state index contributed by atoms with van der Waals surface area (Å²) < 4.78 is 57.4. The highest BCUT2D eigenvalue weighted by Crippen LogP contribution is 2.41. The highest BCUT2D eigenvalue weighted by atomic mass is 32.2. The zero-order chi connectivity index (χ0) is 33.5. The van der Waals surface area contributed by atoms with Gasteiger partial charge in [0.05, 0.1) is 25.5 Å². The maximum Gasteiger partial charge on any atom is 0.410 e. The van der Waals surface area contributed by atoms with Crippen LogP contribution in [0, 0.1) is 0 Å². The van der Waals surface area contributed by atoms with Gasteiger partial charge in [0.25, 0.3) is 10.1 Å². The fourth-order valence-electron chi connectivity index (χ4n) is 4.45. The van der Waals surface area contributed by atoms with Crippen LogP contribution in [0.15, 0.2) is 48.5 Å². The lowest BCUT2D eigenvalue weighted by molar-refractivity contribution is 0.0140. The number of aliphatic hydroxyl groups is 1. The summed E-state index contributed by atoms with van der Waals surface area (Å²) in [6.45, 7) is 9.70. The normalized spacial score (nSPS) is 13.0. The third-order valence-corrected chi connectivity index (χ3v) is 7.76. The van der Waals surface area contributed by atoms with Crippen LogP contribution in [0.4, 0.5) is 4.79 Å². The predicted molar refractivity (Wildman–Crippen MR) is 178 cm³/mol. The van der Waals surface area contributed by atoms with Crippen molar-refractivity contribution in [3.63, 3.8) is 0 Å². The lowest BCUT2D eigenvalue weighted by Gasteiger charge is -2.29. The molecule has 2 aromatic rings. The van der Waals surface area contributed by atoms with Gasteiger partial charge in [0, 0.05) is 38.7 Å². The van der Waals surface area contributed by atoms with E-state index in [4.69, 9.17) is 18.2 Å². The number of unbranched alkanes of at least 4 members (excludes halogenated alkanes) is 4. The number of aryl methyl sites for hydroxylation is 1. The van der Waals surface area contributed by atoms with Crippen LogP contribution in [0.5, 0.6) is 5.75 Å². The number of aliphatic hydroxyl groups excluding tert-OH is 1. The van der Waals surface area contributed by atoms with Crippen molar-refractivity contribution in [2.24, 2.45) is 0 Å². The van der Waals surface area contributed by atoms with Gasteiger partial charge in [0.15, 0.2) is 0 Å². The molecule has 0 fully saturated rings. The van der Waals surface area contributed by atoms with Crippen molar-refractivity contribution < 1.29 is 41.1 Å². The van der Waals surface area contributed by atoms with E-state index in [9.17, 15) is 22.9 Å². The summed E-state index contributed by atoms with van der Waals surface area (Å²) in [7, 11) is -6.72. The van der Waals surface area contributed by atoms with Crippen LogP contribution in [0.1, 0.15) is 82.1 Å². The second-order valence-electron chi connectivity index (χ2n) is 12.6. The first-order valence-corrected chi connectivity index (χ1v) is 19.9. The summed E-state index contributed by atoms with van der Waals surface area (Å²) in [5.41, 5.74) is 1.37. The molecule has 0 aliphatic carbocycles. The Balaban J connectivity index is 1.90. The average molecular weight is 670 g/mol. The molecule has 0 bridgehead atoms. The third-order valence-electron chi connectivity index (χ3n) is 6.57. The Bertz CT molecular complexity index is 1320. The Morgan fingerprint density at radius 2 is 1.60 bits per heavy atom. The summed E-state index contributed by atoms with van der Waals surface area (Å²) >= 11 is 0. The quantitative estimate of drug-likeness (QED) is 0.0905. The molecule has 0 aliphatic heterocycles. The van der Waals surface area contributed by atoms with E-state index < -0.39 is 35.3 Å². The Kier molecular flexibility index (Phi) is 16.1. The molecule has 1 amide bonds. The first-order chi connectivity index (χ1) is 21.0. The van der Waals surface area contributed by atoms with Gasteiger partial charge < -0.3 is 24.0 Å². The minimum atomic E-state index is -3.76. The van der Waals surface area contributed by atoms with Crippen molar-refractivity contribution in [1.29, 1.82) is 0 Å². The van der Waals surface area contributed by atoms with Crippen molar-refractivity contribution in [3.05, 3.63) is 65.2 Å². The number of carbonyl (C=O) groups is 1. The molecule has 0 spiro atoms. The second kappa shape index (κ2) is 18.6. The van der Waals surface area contributed by atoms with E-state index in [1.165, 1.54) is 35.9 Å². The van der Waals surface area contributed by atoms with E-state index in [0.717, 1.165) is 57.8 Å². The number of benzene rings is 2. The van der Waals surface area contributed by atoms with Gasteiger partial charge in [-0.3, -0.25) is 8.75 Å². The Morgan fingerprint density at radius 3 is 2.22 bits per heavy atom. The maximum atomic E-state index is 13.0. The molecular weight excluding hydrogens is 617 g/mol. The van der Waals surface area contributed by atoms with Gasteiger partial charge in [-0.1, -0.05) is 49.2 Å². The van der Waals surface area contributed by atoms with Crippen molar-refractivity contribution in [2.75, 3.05) is 45.9 Å². The van der Waals surface area contributed by atoms with E-state index in [1.54, 1.807) is 26.8 Å². The molecule has 0 aliphatic rings. The zero-order valence-electron chi connectivity index (χ0n) is 27.7. The number of hydrogen-bond donors (Lipinski definition) is 1. The van der Waals surface area contributed by atoms with E-state index in [0.29, 0.717) is 24.3 Å². The fourth-order valence-corrected chi connectivity index (χ4v) is 5.45. The van der Waals surface area contributed by atoms with Crippen molar-refractivity contribution in [3.8, 4) is 5.75 Å². The summed E-state index contributed by atoms with van der Waals surface area (Å²) in [6.07, 6.45) is 6.00. The number of carbonyl (C=O) groups excluding carboxylic acids is 1. The Morgan fingerprint density at radius 1 is 0.956 bits per heavy atom. The number of rotatable bonds is 20. The molecule has 2 rings (SSSR count). The molecule has 0 saturated heterocycles. The monoisotopic (exact) mass is 669 g/mol. The molecule has 0 saturated carbocycles.